The molecular weight excluding hydrogens is 615 g/mol. The van der Waals surface area contributed by atoms with Gasteiger partial charge in [-0.2, -0.15) is 17.5 Å². The van der Waals surface area contributed by atoms with Crippen LogP contribution >= 0.6 is 0 Å². The molecule has 11 nitrogen and oxygen atoms in total. The Morgan fingerprint density at radius 1 is 1.07 bits per heavy atom. The van der Waals surface area contributed by atoms with E-state index in [0.717, 1.165) is 9.96 Å². The highest BCUT2D eigenvalue weighted by Gasteiger charge is 2.41. The van der Waals surface area contributed by atoms with Crippen LogP contribution in [0.1, 0.15) is 54.3 Å². The van der Waals surface area contributed by atoms with Crippen molar-refractivity contribution in [3.8, 4) is 5.88 Å². The lowest BCUT2D eigenvalue weighted by Crippen LogP contribution is -2.33. The van der Waals surface area contributed by atoms with Gasteiger partial charge in [0.15, 0.2) is 5.65 Å². The monoisotopic (exact) mass is 647 g/mol. The Balaban J connectivity index is 1.58. The zero-order valence-electron chi connectivity index (χ0n) is 24.8. The molecule has 0 aliphatic carbocycles. The number of hydrogen-bond acceptors (Lipinski definition) is 8. The first-order chi connectivity index (χ1) is 21.2. The van der Waals surface area contributed by atoms with E-state index < -0.39 is 39.3 Å². The van der Waals surface area contributed by atoms with Gasteiger partial charge >= 0.3 is 12.1 Å². The Morgan fingerprint density at radius 2 is 1.82 bits per heavy atom. The summed E-state index contributed by atoms with van der Waals surface area (Å²) in [5.74, 6) is -3.21. The molecular formula is C30H32F3N5O6S. The van der Waals surface area contributed by atoms with Gasteiger partial charge in [0.1, 0.15) is 11.5 Å². The largest absolute Gasteiger partial charge is 0.481 e. The molecule has 15 heteroatoms. The lowest BCUT2D eigenvalue weighted by Gasteiger charge is -2.32. The third-order valence-electron chi connectivity index (χ3n) is 7.86. The summed E-state index contributed by atoms with van der Waals surface area (Å²) < 4.78 is 81.5. The molecule has 3 aromatic heterocycles. The first-order valence-corrected chi connectivity index (χ1v) is 15.6. The van der Waals surface area contributed by atoms with Gasteiger partial charge < -0.3 is 14.6 Å². The SMILES string of the molecule is Cc1ccc([C@@H](c2ccn3c(C(F)(F)F)nnc3c2)C(C)(C)C(=O)O)cc1CN1CCCOCCOc2ncccc2S1(=O)=O. The number of aliphatic carboxylic acids is 1. The normalized spacial score (nSPS) is 17.2. The summed E-state index contributed by atoms with van der Waals surface area (Å²) in [4.78, 5) is 16.6. The molecule has 1 aliphatic rings. The van der Waals surface area contributed by atoms with Crippen LogP contribution in [0.15, 0.2) is 59.8 Å². The first kappa shape index (κ1) is 32.3. The molecule has 1 N–H and O–H groups in total. The number of sulfonamides is 1. The van der Waals surface area contributed by atoms with Gasteiger partial charge in [-0.05, 0) is 73.7 Å². The molecule has 4 heterocycles. The van der Waals surface area contributed by atoms with Crippen molar-refractivity contribution in [1.82, 2.24) is 23.9 Å². The maximum absolute atomic E-state index is 13.9. The highest BCUT2D eigenvalue weighted by molar-refractivity contribution is 7.89. The molecule has 0 bridgehead atoms. The molecule has 0 unspecified atom stereocenters. The van der Waals surface area contributed by atoms with Crippen molar-refractivity contribution in [2.45, 2.75) is 50.7 Å². The van der Waals surface area contributed by atoms with Gasteiger partial charge in [-0.25, -0.2) is 13.4 Å². The number of ether oxygens (including phenoxy) is 2. The third-order valence-corrected chi connectivity index (χ3v) is 9.72. The molecule has 4 aromatic rings. The highest BCUT2D eigenvalue weighted by atomic mass is 32.2. The number of nitrogens with zero attached hydrogens (tertiary/aromatic N) is 5. The van der Waals surface area contributed by atoms with E-state index >= 15 is 0 Å². The number of hydrogen-bond donors (Lipinski definition) is 1. The molecule has 1 aromatic carbocycles. The van der Waals surface area contributed by atoms with Crippen molar-refractivity contribution in [3.63, 3.8) is 0 Å². The number of halogens is 3. The van der Waals surface area contributed by atoms with Gasteiger partial charge in [0.2, 0.25) is 21.7 Å². The fourth-order valence-corrected chi connectivity index (χ4v) is 6.95. The average Bonchev–Trinajstić information content (AvgIpc) is 3.41. The number of aromatic nitrogens is 4. The summed E-state index contributed by atoms with van der Waals surface area (Å²) in [5.41, 5.74) is 0.793. The summed E-state index contributed by atoms with van der Waals surface area (Å²) >= 11 is 0. The Bertz CT molecular complexity index is 1830. The van der Waals surface area contributed by atoms with Crippen LogP contribution in [0.25, 0.3) is 5.65 Å². The number of aryl methyl sites for hydroxylation is 1. The quantitative estimate of drug-likeness (QED) is 0.316. The predicted molar refractivity (Wildman–Crippen MR) is 155 cm³/mol. The van der Waals surface area contributed by atoms with E-state index in [1.54, 1.807) is 18.2 Å². The van der Waals surface area contributed by atoms with Crippen LogP contribution in [0.2, 0.25) is 0 Å². The van der Waals surface area contributed by atoms with E-state index in [2.05, 4.69) is 15.2 Å². The van der Waals surface area contributed by atoms with Crippen LogP contribution in [0, 0.1) is 12.3 Å². The van der Waals surface area contributed by atoms with Gasteiger partial charge in [-0.3, -0.25) is 9.20 Å². The highest BCUT2D eigenvalue weighted by Crippen LogP contribution is 2.42. The minimum Gasteiger partial charge on any atom is -0.481 e. The van der Waals surface area contributed by atoms with Crippen LogP contribution < -0.4 is 4.74 Å². The Hall–Kier alpha value is -4.08. The zero-order valence-corrected chi connectivity index (χ0v) is 25.6. The second-order valence-corrected chi connectivity index (χ2v) is 13.2. The van der Waals surface area contributed by atoms with Gasteiger partial charge in [0.05, 0.1) is 12.0 Å². The van der Waals surface area contributed by atoms with E-state index in [9.17, 15) is 31.5 Å². The van der Waals surface area contributed by atoms with E-state index in [-0.39, 0.29) is 42.7 Å². The van der Waals surface area contributed by atoms with Crippen molar-refractivity contribution >= 4 is 21.6 Å². The van der Waals surface area contributed by atoms with E-state index in [1.165, 1.54) is 54.8 Å². The van der Waals surface area contributed by atoms with Crippen molar-refractivity contribution in [3.05, 3.63) is 82.9 Å². The number of pyridine rings is 2. The molecule has 0 saturated carbocycles. The Labute approximate surface area is 257 Å². The summed E-state index contributed by atoms with van der Waals surface area (Å²) in [5, 5.41) is 17.2. The predicted octanol–water partition coefficient (Wildman–Crippen LogP) is 4.68. The second kappa shape index (κ2) is 12.4. The number of rotatable bonds is 6. The van der Waals surface area contributed by atoms with Crippen molar-refractivity contribution < 1.29 is 41.0 Å². The van der Waals surface area contributed by atoms with Gasteiger partial charge in [-0.15, -0.1) is 10.2 Å². The van der Waals surface area contributed by atoms with Crippen LogP contribution in [-0.2, 0) is 32.3 Å². The van der Waals surface area contributed by atoms with Crippen LogP contribution in [0.3, 0.4) is 0 Å². The average molecular weight is 648 g/mol. The zero-order chi connectivity index (χ0) is 32.6. The number of alkyl halides is 3. The maximum Gasteiger partial charge on any atom is 0.452 e. The standard InChI is InChI=1S/C30H32F3N5O6S/c1-19-7-8-20(25(29(2,3)28(39)40)21-9-12-38-24(17-21)35-36-27(38)30(31,32)33)16-22(19)18-37-11-5-13-43-14-15-44-26-23(45(37,41)42)6-4-10-34-26/h4,6-10,12,16-17,25H,5,11,13-15,18H2,1-3H3,(H,39,40)/t25-/m0/s1. The minimum atomic E-state index is -4.73. The van der Waals surface area contributed by atoms with E-state index in [4.69, 9.17) is 9.47 Å². The summed E-state index contributed by atoms with van der Waals surface area (Å²) in [6.07, 6.45) is -1.70. The van der Waals surface area contributed by atoms with Gasteiger partial charge in [-0.1, -0.05) is 18.2 Å². The molecule has 0 radical (unpaired) electrons. The van der Waals surface area contributed by atoms with E-state index in [1.807, 2.05) is 6.92 Å². The number of carboxylic acids is 1. The lowest BCUT2D eigenvalue weighted by atomic mass is 9.71. The molecule has 0 amide bonds. The fraction of sp³-hybridized carbons (Fsp3) is 0.400. The number of carbonyl (C=O) groups is 1. The molecule has 5 rings (SSSR count). The van der Waals surface area contributed by atoms with Crippen LogP contribution in [0.4, 0.5) is 13.2 Å². The number of fused-ring (bicyclic) bond motifs is 2. The number of carboxylic acid groups (broad SMARTS) is 1. The first-order valence-electron chi connectivity index (χ1n) is 14.1. The molecule has 0 saturated heterocycles. The molecule has 45 heavy (non-hydrogen) atoms. The van der Waals surface area contributed by atoms with Crippen molar-refractivity contribution in [2.75, 3.05) is 26.4 Å². The topological polar surface area (TPSA) is 136 Å². The third kappa shape index (κ3) is 6.51. The smallest absolute Gasteiger partial charge is 0.452 e. The summed E-state index contributed by atoms with van der Waals surface area (Å²) in [6, 6.07) is 11.0. The molecule has 0 fully saturated rings. The fourth-order valence-electron chi connectivity index (χ4n) is 5.41. The van der Waals surface area contributed by atoms with Crippen LogP contribution in [-0.4, -0.2) is 69.7 Å². The van der Waals surface area contributed by atoms with E-state index in [0.29, 0.717) is 29.7 Å². The molecule has 240 valence electrons. The van der Waals surface area contributed by atoms with Gasteiger partial charge in [0.25, 0.3) is 0 Å². The van der Waals surface area contributed by atoms with Crippen LogP contribution in [0.5, 0.6) is 5.88 Å². The lowest BCUT2D eigenvalue weighted by molar-refractivity contribution is -0.147. The van der Waals surface area contributed by atoms with Crippen molar-refractivity contribution in [2.24, 2.45) is 5.41 Å². The maximum atomic E-state index is 13.9. The minimum absolute atomic E-state index is 0.0284. The molecule has 0 spiro atoms. The second-order valence-electron chi connectivity index (χ2n) is 11.3. The Kier molecular flexibility index (Phi) is 8.88. The summed E-state index contributed by atoms with van der Waals surface area (Å²) in [6.45, 7) is 5.68. The van der Waals surface area contributed by atoms with Gasteiger partial charge in [0, 0.05) is 38.0 Å². The number of benzene rings is 1. The Morgan fingerprint density at radius 3 is 2.56 bits per heavy atom. The van der Waals surface area contributed by atoms with Crippen molar-refractivity contribution in [1.29, 1.82) is 0 Å². The molecule has 1 atom stereocenters. The summed E-state index contributed by atoms with van der Waals surface area (Å²) in [7, 11) is -4.09. The molecule has 1 aliphatic heterocycles.